The Hall–Kier alpha value is -0.890. The highest BCUT2D eigenvalue weighted by molar-refractivity contribution is 5.25. The molecule has 0 saturated carbocycles. The molecule has 0 bridgehead atoms. The summed E-state index contributed by atoms with van der Waals surface area (Å²) in [5, 5.41) is 3.65. The third-order valence-electron chi connectivity index (χ3n) is 3.56. The lowest BCUT2D eigenvalue weighted by atomic mass is 9.94. The summed E-state index contributed by atoms with van der Waals surface area (Å²) in [5.74, 6) is 0.738. The molecule has 0 radical (unpaired) electrons. The van der Waals surface area contributed by atoms with Gasteiger partial charge in [0.05, 0.1) is 5.69 Å². The average Bonchev–Trinajstić information content (AvgIpc) is 2.34. The van der Waals surface area contributed by atoms with Gasteiger partial charge in [-0.25, -0.2) is 0 Å². The maximum atomic E-state index is 4.66. The minimum Gasteiger partial charge on any atom is -0.309 e. The average molecular weight is 248 g/mol. The second-order valence-corrected chi connectivity index (χ2v) is 5.47. The SMILES string of the molecule is CCCNC(CC(C)CC)c1ncc(C)cc1C. The van der Waals surface area contributed by atoms with Crippen LogP contribution in [0.2, 0.25) is 0 Å². The third-order valence-corrected chi connectivity index (χ3v) is 3.56. The Morgan fingerprint density at radius 2 is 2.00 bits per heavy atom. The molecule has 0 aliphatic carbocycles. The Morgan fingerprint density at radius 3 is 2.56 bits per heavy atom. The maximum Gasteiger partial charge on any atom is 0.0602 e. The fourth-order valence-electron chi connectivity index (χ4n) is 2.27. The Morgan fingerprint density at radius 1 is 1.28 bits per heavy atom. The van der Waals surface area contributed by atoms with Crippen LogP contribution in [0.3, 0.4) is 0 Å². The van der Waals surface area contributed by atoms with E-state index in [4.69, 9.17) is 0 Å². The summed E-state index contributed by atoms with van der Waals surface area (Å²) in [5.41, 5.74) is 3.79. The Labute approximate surface area is 112 Å². The van der Waals surface area contributed by atoms with E-state index in [9.17, 15) is 0 Å². The van der Waals surface area contributed by atoms with Crippen molar-refractivity contribution in [2.24, 2.45) is 5.92 Å². The smallest absolute Gasteiger partial charge is 0.0602 e. The van der Waals surface area contributed by atoms with E-state index >= 15 is 0 Å². The molecular formula is C16H28N2. The molecule has 1 heterocycles. The van der Waals surface area contributed by atoms with Gasteiger partial charge >= 0.3 is 0 Å². The molecule has 2 nitrogen and oxygen atoms in total. The summed E-state index contributed by atoms with van der Waals surface area (Å²) < 4.78 is 0. The second kappa shape index (κ2) is 7.52. The number of pyridine rings is 1. The summed E-state index contributed by atoms with van der Waals surface area (Å²) in [4.78, 5) is 4.66. The first-order valence-corrected chi connectivity index (χ1v) is 7.25. The maximum absolute atomic E-state index is 4.66. The van der Waals surface area contributed by atoms with E-state index < -0.39 is 0 Å². The third kappa shape index (κ3) is 4.41. The van der Waals surface area contributed by atoms with Crippen LogP contribution in [0.25, 0.3) is 0 Å². The summed E-state index contributed by atoms with van der Waals surface area (Å²) in [7, 11) is 0. The van der Waals surface area contributed by atoms with Gasteiger partial charge in [0.25, 0.3) is 0 Å². The molecule has 18 heavy (non-hydrogen) atoms. The van der Waals surface area contributed by atoms with Crippen molar-refractivity contribution >= 4 is 0 Å². The number of nitrogens with zero attached hydrogens (tertiary/aromatic N) is 1. The van der Waals surface area contributed by atoms with Gasteiger partial charge in [-0.2, -0.15) is 0 Å². The van der Waals surface area contributed by atoms with Crippen molar-refractivity contribution in [3.05, 3.63) is 29.1 Å². The van der Waals surface area contributed by atoms with Crippen molar-refractivity contribution in [1.29, 1.82) is 0 Å². The molecule has 0 fully saturated rings. The van der Waals surface area contributed by atoms with E-state index in [2.05, 4.69) is 51.0 Å². The molecular weight excluding hydrogens is 220 g/mol. The van der Waals surface area contributed by atoms with Gasteiger partial charge in [-0.05, 0) is 50.3 Å². The van der Waals surface area contributed by atoms with Gasteiger partial charge in [0.15, 0.2) is 0 Å². The molecule has 102 valence electrons. The predicted octanol–water partition coefficient (Wildman–Crippen LogP) is 4.18. The number of nitrogens with one attached hydrogen (secondary N) is 1. The van der Waals surface area contributed by atoms with Gasteiger partial charge in [-0.3, -0.25) is 4.98 Å². The van der Waals surface area contributed by atoms with Crippen LogP contribution in [0.5, 0.6) is 0 Å². The normalized spacial score (nSPS) is 14.5. The summed E-state index contributed by atoms with van der Waals surface area (Å²) in [6.07, 6.45) is 5.56. The number of hydrogen-bond acceptors (Lipinski definition) is 2. The zero-order valence-corrected chi connectivity index (χ0v) is 12.6. The van der Waals surface area contributed by atoms with E-state index in [0.29, 0.717) is 6.04 Å². The molecule has 1 N–H and O–H groups in total. The first kappa shape index (κ1) is 15.2. The largest absolute Gasteiger partial charge is 0.309 e. The molecule has 1 aromatic rings. The van der Waals surface area contributed by atoms with Crippen molar-refractivity contribution in [3.8, 4) is 0 Å². The molecule has 0 amide bonds. The molecule has 0 saturated heterocycles. The molecule has 2 unspecified atom stereocenters. The highest BCUT2D eigenvalue weighted by Crippen LogP contribution is 2.24. The van der Waals surface area contributed by atoms with Gasteiger partial charge < -0.3 is 5.32 Å². The molecule has 0 spiro atoms. The molecule has 2 heteroatoms. The van der Waals surface area contributed by atoms with E-state index in [-0.39, 0.29) is 0 Å². The quantitative estimate of drug-likeness (QED) is 0.783. The van der Waals surface area contributed by atoms with E-state index in [1.54, 1.807) is 0 Å². The van der Waals surface area contributed by atoms with Crippen molar-refractivity contribution in [2.45, 2.75) is 59.9 Å². The van der Waals surface area contributed by atoms with E-state index in [1.165, 1.54) is 36.1 Å². The van der Waals surface area contributed by atoms with Gasteiger partial charge in [0, 0.05) is 12.2 Å². The van der Waals surface area contributed by atoms with E-state index in [1.807, 2.05) is 6.20 Å². The molecule has 0 aliphatic rings. The number of aryl methyl sites for hydroxylation is 2. The number of hydrogen-bond donors (Lipinski definition) is 1. The van der Waals surface area contributed by atoms with Crippen molar-refractivity contribution in [3.63, 3.8) is 0 Å². The lowest BCUT2D eigenvalue weighted by molar-refractivity contribution is 0.395. The van der Waals surface area contributed by atoms with Gasteiger partial charge in [0.1, 0.15) is 0 Å². The van der Waals surface area contributed by atoms with E-state index in [0.717, 1.165) is 12.5 Å². The number of rotatable bonds is 7. The fourth-order valence-corrected chi connectivity index (χ4v) is 2.27. The topological polar surface area (TPSA) is 24.9 Å². The Balaban J connectivity index is 2.86. The van der Waals surface area contributed by atoms with Crippen molar-refractivity contribution in [1.82, 2.24) is 10.3 Å². The predicted molar refractivity (Wildman–Crippen MR) is 78.8 cm³/mol. The molecule has 1 rings (SSSR count). The first-order chi connectivity index (χ1) is 8.58. The van der Waals surface area contributed by atoms with Crippen LogP contribution in [0.4, 0.5) is 0 Å². The minimum atomic E-state index is 0.403. The van der Waals surface area contributed by atoms with Gasteiger partial charge in [0.2, 0.25) is 0 Å². The van der Waals surface area contributed by atoms with Gasteiger partial charge in [-0.15, -0.1) is 0 Å². The van der Waals surface area contributed by atoms with Crippen molar-refractivity contribution < 1.29 is 0 Å². The monoisotopic (exact) mass is 248 g/mol. The fraction of sp³-hybridized carbons (Fsp3) is 0.688. The highest BCUT2D eigenvalue weighted by atomic mass is 14.9. The number of aromatic nitrogens is 1. The Kier molecular flexibility index (Phi) is 6.34. The van der Waals surface area contributed by atoms with Crippen molar-refractivity contribution in [2.75, 3.05) is 6.54 Å². The van der Waals surface area contributed by atoms with Crippen LogP contribution in [0.1, 0.15) is 62.9 Å². The molecule has 1 aromatic heterocycles. The summed E-state index contributed by atoms with van der Waals surface area (Å²) >= 11 is 0. The minimum absolute atomic E-state index is 0.403. The van der Waals surface area contributed by atoms with Crippen LogP contribution in [-0.4, -0.2) is 11.5 Å². The highest BCUT2D eigenvalue weighted by Gasteiger charge is 2.17. The zero-order valence-electron chi connectivity index (χ0n) is 12.6. The standard InChI is InChI=1S/C16H28N2/c1-6-8-17-15(10-12(3)7-2)16-14(5)9-13(4)11-18-16/h9,11-12,15,17H,6-8,10H2,1-5H3. The second-order valence-electron chi connectivity index (χ2n) is 5.47. The lowest BCUT2D eigenvalue weighted by Crippen LogP contribution is -2.25. The van der Waals surface area contributed by atoms with Crippen LogP contribution < -0.4 is 5.32 Å². The van der Waals surface area contributed by atoms with Crippen LogP contribution >= 0.6 is 0 Å². The molecule has 2 atom stereocenters. The molecule has 0 aromatic carbocycles. The van der Waals surface area contributed by atoms with Gasteiger partial charge in [-0.1, -0.05) is 33.3 Å². The van der Waals surface area contributed by atoms with Crippen LogP contribution in [0, 0.1) is 19.8 Å². The summed E-state index contributed by atoms with van der Waals surface area (Å²) in [6.45, 7) is 12.1. The summed E-state index contributed by atoms with van der Waals surface area (Å²) in [6, 6.07) is 2.64. The Bertz CT molecular complexity index is 360. The molecule has 0 aliphatic heterocycles. The lowest BCUT2D eigenvalue weighted by Gasteiger charge is -2.23. The zero-order chi connectivity index (χ0) is 13.5. The first-order valence-electron chi connectivity index (χ1n) is 7.25. The van der Waals surface area contributed by atoms with Crippen LogP contribution in [0.15, 0.2) is 12.3 Å². The van der Waals surface area contributed by atoms with Crippen LogP contribution in [-0.2, 0) is 0 Å².